The molecule has 0 bridgehead atoms. The van der Waals surface area contributed by atoms with Crippen LogP contribution < -0.4 is 11.3 Å². The average molecular weight is 262 g/mol. The van der Waals surface area contributed by atoms with E-state index in [4.69, 9.17) is 5.84 Å². The molecule has 1 aromatic carbocycles. The van der Waals surface area contributed by atoms with Crippen LogP contribution in [0.1, 0.15) is 41.1 Å². The number of rotatable bonds is 5. The molecule has 2 aromatic rings. The quantitative estimate of drug-likeness (QED) is 0.641. The monoisotopic (exact) mass is 262 g/mol. The fourth-order valence-electron chi connectivity index (χ4n) is 2.04. The molecule has 1 unspecified atom stereocenters. The summed E-state index contributed by atoms with van der Waals surface area (Å²) in [5.74, 6) is 5.69. The Bertz CT molecular complexity index is 509. The molecule has 0 fully saturated rings. The maximum Gasteiger partial charge on any atom is 0.0837 e. The van der Waals surface area contributed by atoms with Gasteiger partial charge in [0.25, 0.3) is 0 Å². The van der Waals surface area contributed by atoms with Crippen molar-refractivity contribution in [2.45, 2.75) is 32.7 Å². The molecular formula is C13H18N4S. The number of hydrazine groups is 1. The number of hydrogen-bond acceptors (Lipinski definition) is 5. The topological polar surface area (TPSA) is 63.8 Å². The predicted molar refractivity (Wildman–Crippen MR) is 74.2 cm³/mol. The van der Waals surface area contributed by atoms with Crippen molar-refractivity contribution >= 4 is 11.5 Å². The van der Waals surface area contributed by atoms with Crippen molar-refractivity contribution in [3.05, 3.63) is 46.0 Å². The van der Waals surface area contributed by atoms with E-state index in [0.29, 0.717) is 0 Å². The van der Waals surface area contributed by atoms with Crippen LogP contribution in [0, 0.1) is 6.92 Å². The number of aryl methyl sites for hydroxylation is 2. The van der Waals surface area contributed by atoms with Gasteiger partial charge in [-0.15, -0.1) is 5.10 Å². The lowest BCUT2D eigenvalue weighted by Crippen LogP contribution is -2.28. The lowest BCUT2D eigenvalue weighted by atomic mass is 10.0. The van der Waals surface area contributed by atoms with Gasteiger partial charge in [-0.3, -0.25) is 5.84 Å². The molecule has 0 aliphatic carbocycles. The van der Waals surface area contributed by atoms with Gasteiger partial charge in [0.15, 0.2) is 0 Å². The summed E-state index contributed by atoms with van der Waals surface area (Å²) in [6.45, 7) is 4.14. The Kier molecular flexibility index (Phi) is 4.41. The number of aromatic nitrogens is 2. The molecule has 0 radical (unpaired) electrons. The summed E-state index contributed by atoms with van der Waals surface area (Å²) in [6.07, 6.45) is 2.23. The summed E-state index contributed by atoms with van der Waals surface area (Å²) in [7, 11) is 0. The summed E-state index contributed by atoms with van der Waals surface area (Å²) in [4.78, 5) is 1.08. The van der Waals surface area contributed by atoms with E-state index >= 15 is 0 Å². The second-order valence-corrected chi connectivity index (χ2v) is 5.10. The first-order valence-corrected chi connectivity index (χ1v) is 6.87. The van der Waals surface area contributed by atoms with Gasteiger partial charge in [0, 0.05) is 0 Å². The molecule has 0 aliphatic heterocycles. The lowest BCUT2D eigenvalue weighted by Gasteiger charge is -2.15. The van der Waals surface area contributed by atoms with E-state index in [1.807, 2.05) is 6.92 Å². The number of nitrogens with zero attached hydrogens (tertiary/aromatic N) is 2. The lowest BCUT2D eigenvalue weighted by molar-refractivity contribution is 0.641. The maximum absolute atomic E-state index is 5.69. The third-order valence-corrected chi connectivity index (χ3v) is 3.83. The minimum absolute atomic E-state index is 0.0261. The largest absolute Gasteiger partial charge is 0.271 e. The number of nitrogens with two attached hydrogens (primary N) is 1. The van der Waals surface area contributed by atoms with Crippen LogP contribution >= 0.6 is 11.5 Å². The molecule has 1 heterocycles. The normalized spacial score (nSPS) is 12.6. The third-order valence-electron chi connectivity index (χ3n) is 2.94. The third kappa shape index (κ3) is 2.75. The predicted octanol–water partition coefficient (Wildman–Crippen LogP) is 2.35. The molecule has 18 heavy (non-hydrogen) atoms. The van der Waals surface area contributed by atoms with Gasteiger partial charge in [-0.05, 0) is 36.0 Å². The number of hydrogen-bond donors (Lipinski definition) is 2. The fourth-order valence-corrected chi connectivity index (χ4v) is 2.78. The Morgan fingerprint density at radius 1 is 1.44 bits per heavy atom. The zero-order chi connectivity index (χ0) is 13.0. The van der Waals surface area contributed by atoms with Gasteiger partial charge < -0.3 is 0 Å². The minimum Gasteiger partial charge on any atom is -0.271 e. The van der Waals surface area contributed by atoms with Gasteiger partial charge in [0.1, 0.15) is 0 Å². The Labute approximate surface area is 111 Å². The van der Waals surface area contributed by atoms with Gasteiger partial charge in [-0.25, -0.2) is 5.43 Å². The molecule has 1 atom stereocenters. The molecule has 1 aromatic heterocycles. The molecule has 2 rings (SSSR count). The Hall–Kier alpha value is -1.30. The fraction of sp³-hybridized carbons (Fsp3) is 0.385. The summed E-state index contributed by atoms with van der Waals surface area (Å²) < 4.78 is 3.97. The Morgan fingerprint density at radius 3 is 2.89 bits per heavy atom. The van der Waals surface area contributed by atoms with E-state index in [1.165, 1.54) is 17.1 Å². The van der Waals surface area contributed by atoms with Crippen LogP contribution in [0.25, 0.3) is 0 Å². The first-order valence-electron chi connectivity index (χ1n) is 6.10. The number of benzene rings is 1. The van der Waals surface area contributed by atoms with Gasteiger partial charge in [-0.1, -0.05) is 42.1 Å². The molecule has 0 saturated heterocycles. The summed E-state index contributed by atoms with van der Waals surface area (Å²) in [5.41, 5.74) is 6.30. The van der Waals surface area contributed by atoms with E-state index in [2.05, 4.69) is 46.2 Å². The highest BCUT2D eigenvalue weighted by Gasteiger charge is 2.18. The van der Waals surface area contributed by atoms with E-state index in [1.54, 1.807) is 0 Å². The van der Waals surface area contributed by atoms with Crippen LogP contribution in [0.5, 0.6) is 0 Å². The minimum atomic E-state index is -0.0261. The van der Waals surface area contributed by atoms with Gasteiger partial charge in [-0.2, -0.15) is 0 Å². The van der Waals surface area contributed by atoms with Gasteiger partial charge >= 0.3 is 0 Å². The highest BCUT2D eigenvalue weighted by molar-refractivity contribution is 7.05. The molecule has 0 spiro atoms. The van der Waals surface area contributed by atoms with E-state index in [-0.39, 0.29) is 6.04 Å². The second kappa shape index (κ2) is 6.04. The Balaban J connectivity index is 2.33. The average Bonchev–Trinajstić information content (AvgIpc) is 2.78. The van der Waals surface area contributed by atoms with Crippen molar-refractivity contribution in [1.29, 1.82) is 0 Å². The number of nitrogens with one attached hydrogen (secondary N) is 1. The standard InChI is InChI=1S/C13H18N4S/c1-3-5-10-6-4-7-11(8-10)12(15-14)13-9(2)16-17-18-13/h4,6-8,12,15H,3,5,14H2,1-2H3. The van der Waals surface area contributed by atoms with Gasteiger partial charge in [0.05, 0.1) is 16.6 Å². The molecule has 0 amide bonds. The van der Waals surface area contributed by atoms with Crippen molar-refractivity contribution in [2.75, 3.05) is 0 Å². The summed E-state index contributed by atoms with van der Waals surface area (Å²) in [6, 6.07) is 8.49. The van der Waals surface area contributed by atoms with Crippen LogP contribution in [0.15, 0.2) is 24.3 Å². The molecule has 0 saturated carbocycles. The first-order chi connectivity index (χ1) is 8.76. The van der Waals surface area contributed by atoms with Crippen molar-refractivity contribution in [2.24, 2.45) is 5.84 Å². The Morgan fingerprint density at radius 2 is 2.28 bits per heavy atom. The SMILES string of the molecule is CCCc1cccc(C(NN)c2snnc2C)c1. The second-order valence-electron chi connectivity index (χ2n) is 4.32. The molecule has 5 heteroatoms. The smallest absolute Gasteiger partial charge is 0.0837 e. The molecule has 4 nitrogen and oxygen atoms in total. The van der Waals surface area contributed by atoms with Crippen molar-refractivity contribution in [1.82, 2.24) is 15.0 Å². The summed E-state index contributed by atoms with van der Waals surface area (Å²) >= 11 is 1.39. The highest BCUT2D eigenvalue weighted by Crippen LogP contribution is 2.26. The molecular weight excluding hydrogens is 244 g/mol. The van der Waals surface area contributed by atoms with E-state index in [9.17, 15) is 0 Å². The van der Waals surface area contributed by atoms with E-state index in [0.717, 1.165) is 29.0 Å². The van der Waals surface area contributed by atoms with Crippen LogP contribution in [0.3, 0.4) is 0 Å². The van der Waals surface area contributed by atoms with Crippen molar-refractivity contribution < 1.29 is 0 Å². The van der Waals surface area contributed by atoms with Crippen LogP contribution in [-0.2, 0) is 6.42 Å². The van der Waals surface area contributed by atoms with Crippen molar-refractivity contribution in [3.63, 3.8) is 0 Å². The van der Waals surface area contributed by atoms with Gasteiger partial charge in [0.2, 0.25) is 0 Å². The molecule has 96 valence electrons. The molecule has 3 N–H and O–H groups in total. The summed E-state index contributed by atoms with van der Waals surface area (Å²) in [5, 5.41) is 4.04. The maximum atomic E-state index is 5.69. The van der Waals surface area contributed by atoms with E-state index < -0.39 is 0 Å². The zero-order valence-corrected chi connectivity index (χ0v) is 11.5. The highest BCUT2D eigenvalue weighted by atomic mass is 32.1. The van der Waals surface area contributed by atoms with Crippen LogP contribution in [0.2, 0.25) is 0 Å². The molecule has 0 aliphatic rings. The first kappa shape index (κ1) is 13.1. The van der Waals surface area contributed by atoms with Crippen molar-refractivity contribution in [3.8, 4) is 0 Å². The van der Waals surface area contributed by atoms with Crippen LogP contribution in [-0.4, -0.2) is 9.59 Å². The zero-order valence-electron chi connectivity index (χ0n) is 10.7. The van der Waals surface area contributed by atoms with Crippen LogP contribution in [0.4, 0.5) is 0 Å².